The van der Waals surface area contributed by atoms with Gasteiger partial charge in [0.15, 0.2) is 12.2 Å². The van der Waals surface area contributed by atoms with Crippen molar-refractivity contribution in [1.29, 1.82) is 0 Å². The van der Waals surface area contributed by atoms with Gasteiger partial charge in [-0.1, -0.05) is 319 Å². The molecule has 0 saturated heterocycles. The van der Waals surface area contributed by atoms with Gasteiger partial charge in [0.05, 0.1) is 26.4 Å². The lowest BCUT2D eigenvalue weighted by Crippen LogP contribution is -2.30. The Kier molecular flexibility index (Phi) is 62.2. The topological polar surface area (TPSA) is 237 Å². The van der Waals surface area contributed by atoms with Gasteiger partial charge in [-0.25, -0.2) is 9.13 Å². The number of phosphoric acid groups is 2. The minimum Gasteiger partial charge on any atom is -0.462 e. The summed E-state index contributed by atoms with van der Waals surface area (Å²) >= 11 is 0. The van der Waals surface area contributed by atoms with Crippen molar-refractivity contribution in [2.24, 2.45) is 23.7 Å². The number of hydrogen-bond acceptors (Lipinski definition) is 15. The van der Waals surface area contributed by atoms with E-state index in [0.717, 1.165) is 114 Å². The molecule has 0 heterocycles. The molecule has 0 aliphatic heterocycles. The van der Waals surface area contributed by atoms with Crippen molar-refractivity contribution < 1.29 is 80.2 Å². The Hall–Kier alpha value is -1.94. The molecular weight excluding hydrogens is 1220 g/mol. The highest BCUT2D eigenvalue weighted by Gasteiger charge is 2.30. The van der Waals surface area contributed by atoms with Crippen molar-refractivity contribution in [2.75, 3.05) is 39.6 Å². The third-order valence-electron chi connectivity index (χ3n) is 17.1. The first kappa shape index (κ1) is 91.1. The van der Waals surface area contributed by atoms with Crippen LogP contribution >= 0.6 is 15.6 Å². The highest BCUT2D eigenvalue weighted by molar-refractivity contribution is 7.47. The molecule has 0 amide bonds. The molecule has 3 N–H and O–H groups in total. The van der Waals surface area contributed by atoms with Crippen LogP contribution in [-0.2, 0) is 65.4 Å². The molecule has 0 rings (SSSR count). The lowest BCUT2D eigenvalue weighted by atomic mass is 10.0. The maximum atomic E-state index is 13.0. The SMILES string of the molecule is CC(C)CCCCCCCCCCCCCCCCCCC(=O)O[C@H](COC(=O)CCCCCCCCCC(C)C)COP(=O)(O)OCC(O)COP(=O)(O)OC[C@@H](COC(=O)CCCCCCCCCCCCC(C)C)OC(=O)CCCCCCCCCCC(C)C. The van der Waals surface area contributed by atoms with E-state index in [4.69, 9.17) is 37.0 Å². The second-order valence-electron chi connectivity index (χ2n) is 28.6. The Balaban J connectivity index is 5.21. The highest BCUT2D eigenvalue weighted by Crippen LogP contribution is 2.45. The third kappa shape index (κ3) is 68.4. The smallest absolute Gasteiger partial charge is 0.462 e. The highest BCUT2D eigenvalue weighted by atomic mass is 31.2. The molecule has 0 saturated carbocycles. The van der Waals surface area contributed by atoms with Crippen LogP contribution in [-0.4, -0.2) is 96.7 Å². The van der Waals surface area contributed by atoms with Gasteiger partial charge in [-0.05, 0) is 49.4 Å². The van der Waals surface area contributed by atoms with E-state index < -0.39 is 97.5 Å². The van der Waals surface area contributed by atoms with Gasteiger partial charge in [0.2, 0.25) is 0 Å². The molecule has 5 atom stereocenters. The van der Waals surface area contributed by atoms with E-state index in [0.29, 0.717) is 31.6 Å². The predicted molar refractivity (Wildman–Crippen MR) is 377 cm³/mol. The van der Waals surface area contributed by atoms with E-state index >= 15 is 0 Å². The summed E-state index contributed by atoms with van der Waals surface area (Å²) in [5.74, 6) is 0.865. The van der Waals surface area contributed by atoms with Crippen LogP contribution in [0.25, 0.3) is 0 Å². The minimum absolute atomic E-state index is 0.104. The van der Waals surface area contributed by atoms with E-state index in [1.807, 2.05) is 0 Å². The molecule has 19 heteroatoms. The van der Waals surface area contributed by atoms with Crippen LogP contribution < -0.4 is 0 Å². The fraction of sp³-hybridized carbons (Fsp3) is 0.946. The summed E-state index contributed by atoms with van der Waals surface area (Å²) in [6.45, 7) is 14.1. The molecule has 0 spiro atoms. The third-order valence-corrected chi connectivity index (χ3v) is 19.0. The average Bonchev–Trinajstić information content (AvgIpc) is 2.35. The van der Waals surface area contributed by atoms with E-state index in [1.165, 1.54) is 167 Å². The molecule has 3 unspecified atom stereocenters. The summed E-state index contributed by atoms with van der Waals surface area (Å²) in [5, 5.41) is 10.6. The lowest BCUT2D eigenvalue weighted by Gasteiger charge is -2.21. The van der Waals surface area contributed by atoms with Crippen molar-refractivity contribution in [2.45, 2.75) is 388 Å². The fourth-order valence-electron chi connectivity index (χ4n) is 11.2. The van der Waals surface area contributed by atoms with Gasteiger partial charge in [0.1, 0.15) is 19.3 Å². The summed E-state index contributed by atoms with van der Waals surface area (Å²) in [6.07, 6.45) is 47.4. The number of esters is 4. The number of carbonyl (C=O) groups excluding carboxylic acids is 4. The van der Waals surface area contributed by atoms with Crippen molar-refractivity contribution in [3.8, 4) is 0 Å². The zero-order valence-corrected chi connectivity index (χ0v) is 62.7. The van der Waals surface area contributed by atoms with Gasteiger partial charge in [-0.15, -0.1) is 0 Å². The number of rotatable bonds is 71. The van der Waals surface area contributed by atoms with Gasteiger partial charge >= 0.3 is 39.5 Å². The number of phosphoric ester groups is 2. The van der Waals surface area contributed by atoms with Crippen molar-refractivity contribution in [3.05, 3.63) is 0 Å². The quantitative estimate of drug-likeness (QED) is 0.0222. The minimum atomic E-state index is -4.95. The van der Waals surface area contributed by atoms with Gasteiger partial charge in [-0.3, -0.25) is 37.3 Å². The van der Waals surface area contributed by atoms with Crippen LogP contribution in [0, 0.1) is 23.7 Å². The van der Waals surface area contributed by atoms with Crippen molar-refractivity contribution in [3.63, 3.8) is 0 Å². The van der Waals surface area contributed by atoms with Crippen molar-refractivity contribution >= 4 is 39.5 Å². The van der Waals surface area contributed by atoms with Crippen LogP contribution in [0.2, 0.25) is 0 Å². The summed E-state index contributed by atoms with van der Waals surface area (Å²) in [4.78, 5) is 72.7. The molecule has 0 radical (unpaired) electrons. The van der Waals surface area contributed by atoms with E-state index in [9.17, 15) is 43.2 Å². The molecule has 0 fully saturated rings. The van der Waals surface area contributed by atoms with E-state index in [1.54, 1.807) is 0 Å². The molecule has 552 valence electrons. The van der Waals surface area contributed by atoms with E-state index in [2.05, 4.69) is 55.4 Å². The van der Waals surface area contributed by atoms with Crippen LogP contribution in [0.5, 0.6) is 0 Å². The van der Waals surface area contributed by atoms with Gasteiger partial charge in [0.25, 0.3) is 0 Å². The number of aliphatic hydroxyl groups is 1. The second kappa shape index (κ2) is 63.5. The van der Waals surface area contributed by atoms with Gasteiger partial charge in [-0.2, -0.15) is 0 Å². The molecule has 93 heavy (non-hydrogen) atoms. The first-order valence-electron chi connectivity index (χ1n) is 38.2. The maximum Gasteiger partial charge on any atom is 0.472 e. The lowest BCUT2D eigenvalue weighted by molar-refractivity contribution is -0.161. The average molecular weight is 1370 g/mol. The van der Waals surface area contributed by atoms with Gasteiger partial charge in [0, 0.05) is 25.7 Å². The fourth-order valence-corrected chi connectivity index (χ4v) is 12.8. The summed E-state index contributed by atoms with van der Waals surface area (Å²) in [5.41, 5.74) is 0. The van der Waals surface area contributed by atoms with Crippen LogP contribution in [0.4, 0.5) is 0 Å². The molecule has 17 nitrogen and oxygen atoms in total. The molecule has 0 aliphatic rings. The van der Waals surface area contributed by atoms with Crippen LogP contribution in [0.3, 0.4) is 0 Å². The summed E-state index contributed by atoms with van der Waals surface area (Å²) in [6, 6.07) is 0. The van der Waals surface area contributed by atoms with Crippen LogP contribution in [0.15, 0.2) is 0 Å². The number of carbonyl (C=O) groups is 4. The maximum absolute atomic E-state index is 13.0. The summed E-state index contributed by atoms with van der Waals surface area (Å²) < 4.78 is 68.4. The first-order chi connectivity index (χ1) is 44.6. The standard InChI is InChI=1S/C74H144O17P2/c1-64(2)50-42-34-26-19-15-13-11-9-10-12-14-16-22-31-40-48-56-73(78)90-70(61-85-72(77)55-47-39-33-25-29-37-45-53-67(7)8)63-89-93(82,83)87-59-68(75)58-86-92(80,81)88-62-69(91-74(79)57-49-41-32-24-23-28-36-44-52-66(5)6)60-84-71(76)54-46-38-30-21-18-17-20-27-35-43-51-65(3)4/h64-70,75H,9-63H2,1-8H3,(H,80,81)(H,82,83)/t68?,69-,70-/m1/s1. The zero-order valence-electron chi connectivity index (χ0n) is 60.9. The largest absolute Gasteiger partial charge is 0.472 e. The molecule has 0 bridgehead atoms. The number of hydrogen-bond donors (Lipinski definition) is 3. The zero-order chi connectivity index (χ0) is 68.9. The van der Waals surface area contributed by atoms with Crippen molar-refractivity contribution in [1.82, 2.24) is 0 Å². The number of aliphatic hydroxyl groups excluding tert-OH is 1. The van der Waals surface area contributed by atoms with Gasteiger partial charge < -0.3 is 33.8 Å². The van der Waals surface area contributed by atoms with Crippen LogP contribution in [0.1, 0.15) is 370 Å². The molecule has 0 aromatic carbocycles. The van der Waals surface area contributed by atoms with E-state index in [-0.39, 0.29) is 25.7 Å². The Labute approximate surface area is 568 Å². The number of unbranched alkanes of at least 4 members (excludes halogenated alkanes) is 37. The molecule has 0 aromatic heterocycles. The predicted octanol–water partition coefficient (Wildman–Crippen LogP) is 21.3. The monoisotopic (exact) mass is 1370 g/mol. The molecule has 0 aliphatic carbocycles. The Morgan fingerprint density at radius 3 is 0.667 bits per heavy atom. The Morgan fingerprint density at radius 2 is 0.452 bits per heavy atom. The Morgan fingerprint density at radius 1 is 0.269 bits per heavy atom. The molecular formula is C74H144O17P2. The first-order valence-corrected chi connectivity index (χ1v) is 41.2. The second-order valence-corrected chi connectivity index (χ2v) is 31.5. The Bertz CT molecular complexity index is 1830. The number of ether oxygens (including phenoxy) is 4. The summed E-state index contributed by atoms with van der Waals surface area (Å²) in [7, 11) is -9.91. The normalized spacial score (nSPS) is 14.2. The molecule has 0 aromatic rings.